The monoisotopic (exact) mass is 400 g/mol. The van der Waals surface area contributed by atoms with Gasteiger partial charge in [0.05, 0.1) is 11.6 Å². The van der Waals surface area contributed by atoms with E-state index in [2.05, 4.69) is 15.7 Å². The van der Waals surface area contributed by atoms with Gasteiger partial charge in [-0.1, -0.05) is 25.0 Å². The van der Waals surface area contributed by atoms with E-state index >= 15 is 0 Å². The van der Waals surface area contributed by atoms with Gasteiger partial charge >= 0.3 is 5.97 Å². The number of amides is 2. The van der Waals surface area contributed by atoms with Gasteiger partial charge in [0, 0.05) is 30.5 Å². The Hall–Kier alpha value is -3.23. The standard InChI is InChI=1S/C20H24N4O5/c25-16-10-9-15(19(28)23-16)24-20(29)18-13(12-22-24)6-5-7-14(18)21-11-4-2-1-3-8-17(26)27/h5-7,12,15,21H,1-4,8-11H2,(H,26,27)(H,23,25,28). The van der Waals surface area contributed by atoms with Gasteiger partial charge in [-0.25, -0.2) is 4.68 Å². The number of aliphatic carboxylic acids is 1. The molecule has 1 unspecified atom stereocenters. The normalized spacial score (nSPS) is 16.6. The van der Waals surface area contributed by atoms with Crippen molar-refractivity contribution in [2.75, 3.05) is 11.9 Å². The molecule has 0 bridgehead atoms. The first-order valence-corrected chi connectivity index (χ1v) is 9.77. The van der Waals surface area contributed by atoms with Crippen LogP contribution in [0.15, 0.2) is 29.2 Å². The highest BCUT2D eigenvalue weighted by Gasteiger charge is 2.30. The van der Waals surface area contributed by atoms with E-state index in [1.54, 1.807) is 12.3 Å². The number of imide groups is 1. The Morgan fingerprint density at radius 2 is 2.00 bits per heavy atom. The number of anilines is 1. The van der Waals surface area contributed by atoms with Gasteiger partial charge in [-0.15, -0.1) is 0 Å². The average Bonchev–Trinajstić information content (AvgIpc) is 2.68. The van der Waals surface area contributed by atoms with E-state index in [-0.39, 0.29) is 30.7 Å². The number of fused-ring (bicyclic) bond motifs is 1. The van der Waals surface area contributed by atoms with Crippen molar-refractivity contribution < 1.29 is 19.5 Å². The first-order valence-electron chi connectivity index (χ1n) is 9.77. The number of unbranched alkanes of at least 4 members (excludes halogenated alkanes) is 3. The van der Waals surface area contributed by atoms with Gasteiger partial charge in [-0.2, -0.15) is 5.10 Å². The summed E-state index contributed by atoms with van der Waals surface area (Å²) in [5, 5.41) is 19.4. The molecular formula is C20H24N4O5. The SMILES string of the molecule is O=C(O)CCCCCCNc1cccc2cnn(C3CCC(=O)NC3=O)c(=O)c12. The van der Waals surface area contributed by atoms with Crippen LogP contribution in [-0.2, 0) is 14.4 Å². The number of benzene rings is 1. The van der Waals surface area contributed by atoms with Gasteiger partial charge in [0.25, 0.3) is 11.5 Å². The predicted octanol–water partition coefficient (Wildman–Crippen LogP) is 1.82. The van der Waals surface area contributed by atoms with Crippen molar-refractivity contribution in [3.8, 4) is 0 Å². The number of carbonyl (C=O) groups is 3. The lowest BCUT2D eigenvalue weighted by atomic mass is 10.1. The molecule has 1 aliphatic rings. The third kappa shape index (κ3) is 4.98. The Balaban J connectivity index is 1.72. The molecule has 3 N–H and O–H groups in total. The lowest BCUT2D eigenvalue weighted by molar-refractivity contribution is -0.138. The minimum absolute atomic E-state index is 0.171. The van der Waals surface area contributed by atoms with E-state index < -0.39 is 17.9 Å². The molecule has 2 amide bonds. The lowest BCUT2D eigenvalue weighted by Crippen LogP contribution is -2.45. The van der Waals surface area contributed by atoms with Crippen LogP contribution in [0.25, 0.3) is 10.8 Å². The van der Waals surface area contributed by atoms with E-state index in [0.29, 0.717) is 29.4 Å². The van der Waals surface area contributed by atoms with E-state index in [1.165, 1.54) is 0 Å². The summed E-state index contributed by atoms with van der Waals surface area (Å²) < 4.78 is 1.15. The summed E-state index contributed by atoms with van der Waals surface area (Å²) in [4.78, 5) is 47.1. The third-order valence-electron chi connectivity index (χ3n) is 4.98. The maximum Gasteiger partial charge on any atom is 0.303 e. The van der Waals surface area contributed by atoms with E-state index in [9.17, 15) is 19.2 Å². The number of piperidine rings is 1. The van der Waals surface area contributed by atoms with Crippen LogP contribution in [0.1, 0.15) is 51.0 Å². The second-order valence-corrected chi connectivity index (χ2v) is 7.12. The molecule has 9 nitrogen and oxygen atoms in total. The van der Waals surface area contributed by atoms with Crippen LogP contribution in [0.5, 0.6) is 0 Å². The highest BCUT2D eigenvalue weighted by Crippen LogP contribution is 2.22. The first kappa shape index (κ1) is 20.5. The van der Waals surface area contributed by atoms with E-state index in [4.69, 9.17) is 5.11 Å². The molecule has 29 heavy (non-hydrogen) atoms. The quantitative estimate of drug-likeness (QED) is 0.432. The van der Waals surface area contributed by atoms with Crippen LogP contribution in [0.3, 0.4) is 0 Å². The molecule has 0 saturated carbocycles. The molecule has 1 aromatic heterocycles. The van der Waals surface area contributed by atoms with Crippen molar-refractivity contribution in [2.45, 2.75) is 51.0 Å². The molecule has 2 aromatic rings. The van der Waals surface area contributed by atoms with Gasteiger partial charge in [-0.3, -0.25) is 24.5 Å². The molecule has 0 aliphatic carbocycles. The van der Waals surface area contributed by atoms with Crippen molar-refractivity contribution in [1.82, 2.24) is 15.1 Å². The number of aromatic nitrogens is 2. The molecule has 3 rings (SSSR count). The summed E-state index contributed by atoms with van der Waals surface area (Å²) in [5.41, 5.74) is 0.294. The van der Waals surface area contributed by atoms with Crippen LogP contribution in [0.2, 0.25) is 0 Å². The maximum absolute atomic E-state index is 13.1. The van der Waals surface area contributed by atoms with Crippen LogP contribution in [-0.4, -0.2) is 39.2 Å². The number of rotatable bonds is 9. The minimum Gasteiger partial charge on any atom is -0.481 e. The van der Waals surface area contributed by atoms with Crippen LogP contribution < -0.4 is 16.2 Å². The fraction of sp³-hybridized carbons (Fsp3) is 0.450. The first-order chi connectivity index (χ1) is 14.0. The number of hydrogen-bond acceptors (Lipinski definition) is 6. The molecule has 1 saturated heterocycles. The Bertz CT molecular complexity index is 984. The second-order valence-electron chi connectivity index (χ2n) is 7.12. The molecule has 0 radical (unpaired) electrons. The number of carbonyl (C=O) groups excluding carboxylic acids is 2. The zero-order chi connectivity index (χ0) is 20.8. The highest BCUT2D eigenvalue weighted by molar-refractivity contribution is 5.99. The van der Waals surface area contributed by atoms with Crippen molar-refractivity contribution >= 4 is 34.2 Å². The molecular weight excluding hydrogens is 376 g/mol. The smallest absolute Gasteiger partial charge is 0.303 e. The van der Waals surface area contributed by atoms with Crippen molar-refractivity contribution in [3.05, 3.63) is 34.7 Å². The van der Waals surface area contributed by atoms with Gasteiger partial charge in [0.1, 0.15) is 6.04 Å². The van der Waals surface area contributed by atoms with Gasteiger partial charge in [0.15, 0.2) is 0 Å². The molecule has 0 spiro atoms. The molecule has 9 heteroatoms. The Kier molecular flexibility index (Phi) is 6.58. The lowest BCUT2D eigenvalue weighted by Gasteiger charge is -2.22. The Morgan fingerprint density at radius 1 is 1.21 bits per heavy atom. The molecule has 154 valence electrons. The third-order valence-corrected chi connectivity index (χ3v) is 4.98. The van der Waals surface area contributed by atoms with Gasteiger partial charge in [-0.05, 0) is 25.3 Å². The summed E-state index contributed by atoms with van der Waals surface area (Å²) >= 11 is 0. The topological polar surface area (TPSA) is 130 Å². The Morgan fingerprint density at radius 3 is 2.76 bits per heavy atom. The fourth-order valence-electron chi connectivity index (χ4n) is 3.47. The zero-order valence-electron chi connectivity index (χ0n) is 16.0. The summed E-state index contributed by atoms with van der Waals surface area (Å²) in [6.45, 7) is 0.645. The Labute approximate surface area is 167 Å². The number of carboxylic acid groups (broad SMARTS) is 1. The molecule has 1 aromatic carbocycles. The van der Waals surface area contributed by atoms with Gasteiger partial charge in [0.2, 0.25) is 5.91 Å². The largest absolute Gasteiger partial charge is 0.481 e. The maximum atomic E-state index is 13.1. The molecule has 1 fully saturated rings. The predicted molar refractivity (Wildman–Crippen MR) is 107 cm³/mol. The fourth-order valence-corrected chi connectivity index (χ4v) is 3.47. The number of carboxylic acids is 1. The summed E-state index contributed by atoms with van der Waals surface area (Å²) in [5.74, 6) is -1.63. The van der Waals surface area contributed by atoms with E-state index in [1.807, 2.05) is 12.1 Å². The van der Waals surface area contributed by atoms with Crippen molar-refractivity contribution in [3.63, 3.8) is 0 Å². The van der Waals surface area contributed by atoms with Crippen LogP contribution >= 0.6 is 0 Å². The zero-order valence-corrected chi connectivity index (χ0v) is 16.0. The highest BCUT2D eigenvalue weighted by atomic mass is 16.4. The number of nitrogens with one attached hydrogen (secondary N) is 2. The summed E-state index contributed by atoms with van der Waals surface area (Å²) in [7, 11) is 0. The average molecular weight is 400 g/mol. The minimum atomic E-state index is -0.799. The second kappa shape index (κ2) is 9.31. The molecule has 1 atom stereocenters. The van der Waals surface area contributed by atoms with Gasteiger partial charge < -0.3 is 10.4 Å². The molecule has 2 heterocycles. The molecule has 1 aliphatic heterocycles. The number of hydrogen-bond donors (Lipinski definition) is 3. The summed E-state index contributed by atoms with van der Waals surface area (Å²) in [6.07, 6.45) is 5.40. The van der Waals surface area contributed by atoms with Crippen molar-refractivity contribution in [2.24, 2.45) is 0 Å². The van der Waals surface area contributed by atoms with Crippen LogP contribution in [0.4, 0.5) is 5.69 Å². The summed E-state index contributed by atoms with van der Waals surface area (Å²) in [6, 6.07) is 4.62. The van der Waals surface area contributed by atoms with E-state index in [0.717, 1.165) is 23.9 Å². The van der Waals surface area contributed by atoms with Crippen molar-refractivity contribution in [1.29, 1.82) is 0 Å². The number of nitrogens with zero attached hydrogens (tertiary/aromatic N) is 2. The van der Waals surface area contributed by atoms with Crippen LogP contribution in [0, 0.1) is 0 Å².